The molecule has 22 heavy (non-hydrogen) atoms. The van der Waals surface area contributed by atoms with E-state index in [1.54, 1.807) is 0 Å². The summed E-state index contributed by atoms with van der Waals surface area (Å²) in [7, 11) is 0. The molecule has 0 aliphatic heterocycles. The van der Waals surface area contributed by atoms with Gasteiger partial charge in [0.2, 0.25) is 0 Å². The Labute approximate surface area is 115 Å². The maximum atomic E-state index is 12.7. The Bertz CT molecular complexity index is 358. The van der Waals surface area contributed by atoms with Crippen molar-refractivity contribution < 1.29 is 52.7 Å². The van der Waals surface area contributed by atoms with Gasteiger partial charge in [0.15, 0.2) is 0 Å². The minimum atomic E-state index is -6.07. The molecule has 0 aromatic rings. The molecule has 132 valence electrons. The van der Waals surface area contributed by atoms with Crippen LogP contribution in [0.1, 0.15) is 6.92 Å². The van der Waals surface area contributed by atoms with Crippen molar-refractivity contribution in [3.8, 4) is 0 Å². The zero-order chi connectivity index (χ0) is 17.9. The highest BCUT2D eigenvalue weighted by molar-refractivity contribution is 5.05. The smallest absolute Gasteiger partial charge is 0.171 e. The first-order valence-electron chi connectivity index (χ1n) is 5.67. The van der Waals surface area contributed by atoms with E-state index in [9.17, 15) is 52.7 Å². The van der Waals surface area contributed by atoms with E-state index in [4.69, 9.17) is 0 Å². The lowest BCUT2D eigenvalue weighted by atomic mass is 9.85. The molecule has 0 aromatic carbocycles. The van der Waals surface area contributed by atoms with Crippen LogP contribution in [0.25, 0.3) is 0 Å². The lowest BCUT2D eigenvalue weighted by molar-refractivity contribution is -0.298. The molecule has 5 atom stereocenters. The first-order chi connectivity index (χ1) is 9.40. The first-order valence-corrected chi connectivity index (χ1v) is 5.67. The summed E-state index contributed by atoms with van der Waals surface area (Å²) in [5.41, 5.74) is 0. The van der Waals surface area contributed by atoms with Crippen LogP contribution in [0.2, 0.25) is 0 Å². The van der Waals surface area contributed by atoms with E-state index in [0.29, 0.717) is 0 Å². The first kappa shape index (κ1) is 19.2. The largest absolute Gasteiger partial charge is 0.393 e. The third-order valence-electron chi connectivity index (χ3n) is 3.81. The van der Waals surface area contributed by atoms with Crippen LogP contribution in [0, 0.1) is 29.6 Å². The Morgan fingerprint density at radius 3 is 0.727 bits per heavy atom. The van der Waals surface area contributed by atoms with Crippen molar-refractivity contribution in [1.82, 2.24) is 0 Å². The van der Waals surface area contributed by atoms with Gasteiger partial charge in [0.25, 0.3) is 0 Å². The molecule has 1 saturated carbocycles. The van der Waals surface area contributed by atoms with Gasteiger partial charge in [0, 0.05) is 0 Å². The highest BCUT2D eigenvalue weighted by atomic mass is 19.4. The normalized spacial score (nSPS) is 35.0. The zero-order valence-corrected chi connectivity index (χ0v) is 10.4. The van der Waals surface area contributed by atoms with E-state index in [-0.39, 0.29) is 6.92 Å². The molecule has 0 N–H and O–H groups in total. The summed E-state index contributed by atoms with van der Waals surface area (Å²) in [4.78, 5) is 0. The van der Waals surface area contributed by atoms with Crippen LogP contribution >= 0.6 is 0 Å². The molecule has 0 amide bonds. The summed E-state index contributed by atoms with van der Waals surface area (Å²) >= 11 is 0. The molecule has 3 unspecified atom stereocenters. The molecule has 0 heterocycles. The number of rotatable bonds is 0. The molecule has 1 aliphatic rings. The second kappa shape index (κ2) is 5.08. The number of hydrogen-bond donors (Lipinski definition) is 0. The van der Waals surface area contributed by atoms with Crippen molar-refractivity contribution in [2.24, 2.45) is 29.6 Å². The van der Waals surface area contributed by atoms with Crippen LogP contribution < -0.4 is 0 Å². The molecule has 0 aromatic heterocycles. The van der Waals surface area contributed by atoms with Gasteiger partial charge >= 0.3 is 24.7 Å². The second-order valence-electron chi connectivity index (χ2n) is 5.13. The molecule has 1 aliphatic carbocycles. The van der Waals surface area contributed by atoms with Crippen LogP contribution in [-0.2, 0) is 0 Å². The fourth-order valence-corrected chi connectivity index (χ4v) is 3.14. The van der Waals surface area contributed by atoms with Gasteiger partial charge in [-0.15, -0.1) is 0 Å². The van der Waals surface area contributed by atoms with Crippen LogP contribution in [0.5, 0.6) is 0 Å². The van der Waals surface area contributed by atoms with Crippen LogP contribution in [-0.4, -0.2) is 24.7 Å². The van der Waals surface area contributed by atoms with Crippen LogP contribution in [0.4, 0.5) is 52.7 Å². The molecular weight excluding hydrogens is 348 g/mol. The zero-order valence-electron chi connectivity index (χ0n) is 10.4. The average molecular weight is 356 g/mol. The molecule has 0 saturated heterocycles. The Hall–Kier alpha value is -0.840. The quantitative estimate of drug-likeness (QED) is 0.514. The van der Waals surface area contributed by atoms with Gasteiger partial charge in [-0.2, -0.15) is 52.7 Å². The van der Waals surface area contributed by atoms with Crippen molar-refractivity contribution in [2.75, 3.05) is 0 Å². The fourth-order valence-electron chi connectivity index (χ4n) is 3.14. The molecular formula is C10H8F12. The van der Waals surface area contributed by atoms with Crippen molar-refractivity contribution in [3.05, 3.63) is 0 Å². The maximum absolute atomic E-state index is 12.7. The summed E-state index contributed by atoms with van der Waals surface area (Å²) in [6.45, 7) is 0.112. The molecule has 0 radical (unpaired) electrons. The van der Waals surface area contributed by atoms with E-state index in [1.165, 1.54) is 0 Å². The SMILES string of the molecule is C[C@H]1C(C(F)(F)F)C(C(F)(F)F)C(C(F)(F)F)[C@@H]1C(F)(F)F. The van der Waals surface area contributed by atoms with E-state index in [0.717, 1.165) is 0 Å². The number of alkyl halides is 12. The molecule has 1 rings (SSSR count). The topological polar surface area (TPSA) is 0 Å². The average Bonchev–Trinajstić information content (AvgIpc) is 2.48. The summed E-state index contributed by atoms with van der Waals surface area (Å²) in [6.07, 6.45) is -23.8. The van der Waals surface area contributed by atoms with E-state index in [1.807, 2.05) is 0 Å². The fraction of sp³-hybridized carbons (Fsp3) is 1.00. The molecule has 0 bridgehead atoms. The lowest BCUT2D eigenvalue weighted by Gasteiger charge is -2.31. The molecule has 12 heteroatoms. The predicted octanol–water partition coefficient (Wildman–Crippen LogP) is 5.35. The minimum absolute atomic E-state index is 0.112. The molecule has 1 fully saturated rings. The summed E-state index contributed by atoms with van der Waals surface area (Å²) in [5, 5.41) is 0. The Kier molecular flexibility index (Phi) is 4.44. The van der Waals surface area contributed by atoms with Gasteiger partial charge in [-0.05, 0) is 5.92 Å². The van der Waals surface area contributed by atoms with Gasteiger partial charge in [-0.3, -0.25) is 0 Å². The summed E-state index contributed by atoms with van der Waals surface area (Å²) in [5.74, 6) is -18.8. The van der Waals surface area contributed by atoms with Gasteiger partial charge in [-0.25, -0.2) is 0 Å². The predicted molar refractivity (Wildman–Crippen MR) is 47.3 cm³/mol. The maximum Gasteiger partial charge on any atom is 0.393 e. The highest BCUT2D eigenvalue weighted by Crippen LogP contribution is 2.64. The van der Waals surface area contributed by atoms with Crippen molar-refractivity contribution in [3.63, 3.8) is 0 Å². The third kappa shape index (κ3) is 3.39. The van der Waals surface area contributed by atoms with E-state index >= 15 is 0 Å². The summed E-state index contributed by atoms with van der Waals surface area (Å²) in [6, 6.07) is 0. The van der Waals surface area contributed by atoms with Crippen molar-refractivity contribution >= 4 is 0 Å². The molecule has 0 spiro atoms. The minimum Gasteiger partial charge on any atom is -0.171 e. The summed E-state index contributed by atoms with van der Waals surface area (Å²) < 4.78 is 152. The van der Waals surface area contributed by atoms with Crippen molar-refractivity contribution in [2.45, 2.75) is 31.6 Å². The molecule has 0 nitrogen and oxygen atoms in total. The number of halogens is 12. The standard InChI is InChI=1S/C10H8F12/c1-2-3(7(11,12)13)5(9(17,18)19)6(10(20,21)22)4(2)8(14,15)16/h2-6H,1H3/t2-,3-,4?,5?,6?/m1/s1. The Balaban J connectivity index is 3.57. The van der Waals surface area contributed by atoms with Crippen LogP contribution in [0.3, 0.4) is 0 Å². The van der Waals surface area contributed by atoms with E-state index in [2.05, 4.69) is 0 Å². The van der Waals surface area contributed by atoms with Crippen LogP contribution in [0.15, 0.2) is 0 Å². The Morgan fingerprint density at radius 1 is 0.409 bits per heavy atom. The number of hydrogen-bond acceptors (Lipinski definition) is 0. The highest BCUT2D eigenvalue weighted by Gasteiger charge is 2.76. The van der Waals surface area contributed by atoms with Gasteiger partial charge in [0.05, 0.1) is 23.7 Å². The monoisotopic (exact) mass is 356 g/mol. The van der Waals surface area contributed by atoms with E-state index < -0.39 is 54.3 Å². The van der Waals surface area contributed by atoms with Crippen molar-refractivity contribution in [1.29, 1.82) is 0 Å². The van der Waals surface area contributed by atoms with Gasteiger partial charge in [0.1, 0.15) is 0 Å². The Morgan fingerprint density at radius 2 is 0.591 bits per heavy atom. The second-order valence-corrected chi connectivity index (χ2v) is 5.13. The third-order valence-corrected chi connectivity index (χ3v) is 3.81. The van der Waals surface area contributed by atoms with Gasteiger partial charge < -0.3 is 0 Å². The lowest BCUT2D eigenvalue weighted by Crippen LogP contribution is -2.45. The van der Waals surface area contributed by atoms with Gasteiger partial charge in [-0.1, -0.05) is 6.92 Å².